The number of hydrogen-bond acceptors (Lipinski definition) is 2. The van der Waals surface area contributed by atoms with E-state index in [4.69, 9.17) is 9.15 Å². The largest absolute Gasteiger partial charge is 0.493 e. The van der Waals surface area contributed by atoms with Gasteiger partial charge in [-0.05, 0) is 19.3 Å². The molecule has 0 saturated heterocycles. The van der Waals surface area contributed by atoms with E-state index in [1.54, 1.807) is 13.4 Å². The van der Waals surface area contributed by atoms with Crippen LogP contribution in [-0.4, -0.2) is 7.11 Å². The van der Waals surface area contributed by atoms with Crippen molar-refractivity contribution in [2.75, 3.05) is 7.11 Å². The molecule has 2 nitrogen and oxygen atoms in total. The van der Waals surface area contributed by atoms with E-state index in [2.05, 4.69) is 0 Å². The van der Waals surface area contributed by atoms with Crippen LogP contribution in [-0.2, 0) is 12.8 Å². The van der Waals surface area contributed by atoms with Gasteiger partial charge in [0.25, 0.3) is 0 Å². The molecule has 60 valence electrons. The Labute approximate surface area is 66.2 Å². The summed E-state index contributed by atoms with van der Waals surface area (Å²) < 4.78 is 10.5. The molecule has 0 bridgehead atoms. The zero-order valence-electron chi connectivity index (χ0n) is 6.72. The molecule has 1 aromatic rings. The summed E-state index contributed by atoms with van der Waals surface area (Å²) in [6.45, 7) is 0. The zero-order valence-corrected chi connectivity index (χ0v) is 6.72. The fraction of sp³-hybridized carbons (Fsp3) is 0.556. The van der Waals surface area contributed by atoms with Crippen molar-refractivity contribution in [1.82, 2.24) is 0 Å². The van der Waals surface area contributed by atoms with Gasteiger partial charge in [-0.3, -0.25) is 0 Å². The molecule has 0 aliphatic heterocycles. The van der Waals surface area contributed by atoms with Crippen LogP contribution < -0.4 is 4.74 Å². The number of ether oxygens (including phenoxy) is 1. The monoisotopic (exact) mass is 152 g/mol. The summed E-state index contributed by atoms with van der Waals surface area (Å²) in [6.07, 6.45) is 6.44. The first kappa shape index (κ1) is 6.77. The highest BCUT2D eigenvalue weighted by Crippen LogP contribution is 2.30. The van der Waals surface area contributed by atoms with Crippen molar-refractivity contribution in [3.05, 3.63) is 17.6 Å². The molecule has 1 heterocycles. The van der Waals surface area contributed by atoms with Gasteiger partial charge in [0.2, 0.25) is 0 Å². The first-order valence-corrected chi connectivity index (χ1v) is 4.05. The minimum atomic E-state index is 0.930. The third-order valence-electron chi connectivity index (χ3n) is 2.24. The third-order valence-corrected chi connectivity index (χ3v) is 2.24. The third kappa shape index (κ3) is 1.02. The van der Waals surface area contributed by atoms with Crippen LogP contribution in [0.1, 0.15) is 24.2 Å². The van der Waals surface area contributed by atoms with Crippen molar-refractivity contribution >= 4 is 0 Å². The second-order valence-corrected chi connectivity index (χ2v) is 2.91. The number of hydrogen-bond donors (Lipinski definition) is 0. The van der Waals surface area contributed by atoms with Gasteiger partial charge in [-0.15, -0.1) is 0 Å². The number of fused-ring (bicyclic) bond motifs is 1. The average molecular weight is 152 g/mol. The Balaban J connectivity index is 2.38. The van der Waals surface area contributed by atoms with Crippen LogP contribution in [0.3, 0.4) is 0 Å². The summed E-state index contributed by atoms with van der Waals surface area (Å²) in [5.74, 6) is 2.06. The molecule has 0 N–H and O–H groups in total. The Morgan fingerprint density at radius 2 is 2.18 bits per heavy atom. The second-order valence-electron chi connectivity index (χ2n) is 2.91. The number of rotatable bonds is 1. The zero-order chi connectivity index (χ0) is 7.68. The lowest BCUT2D eigenvalue weighted by atomic mass is 9.98. The maximum Gasteiger partial charge on any atom is 0.160 e. The number of methoxy groups -OCH3 is 1. The van der Waals surface area contributed by atoms with Gasteiger partial charge in [0.1, 0.15) is 12.0 Å². The molecule has 0 unspecified atom stereocenters. The van der Waals surface area contributed by atoms with E-state index in [0.717, 1.165) is 24.4 Å². The molecular weight excluding hydrogens is 140 g/mol. The molecule has 0 spiro atoms. The molecule has 0 atom stereocenters. The molecule has 0 radical (unpaired) electrons. The van der Waals surface area contributed by atoms with Crippen molar-refractivity contribution in [3.63, 3.8) is 0 Å². The van der Waals surface area contributed by atoms with E-state index < -0.39 is 0 Å². The Hall–Kier alpha value is -0.920. The Kier molecular flexibility index (Phi) is 1.60. The smallest absolute Gasteiger partial charge is 0.160 e. The lowest BCUT2D eigenvalue weighted by Crippen LogP contribution is -1.99. The summed E-state index contributed by atoms with van der Waals surface area (Å²) in [7, 11) is 1.69. The molecule has 1 aliphatic carbocycles. The van der Waals surface area contributed by atoms with Gasteiger partial charge < -0.3 is 9.15 Å². The normalized spacial score (nSPS) is 16.1. The van der Waals surface area contributed by atoms with E-state index in [1.165, 1.54) is 18.4 Å². The van der Waals surface area contributed by atoms with Gasteiger partial charge in [-0.25, -0.2) is 0 Å². The number of aryl methyl sites for hydroxylation is 1. The molecule has 11 heavy (non-hydrogen) atoms. The fourth-order valence-electron chi connectivity index (χ4n) is 1.64. The lowest BCUT2D eigenvalue weighted by molar-refractivity contribution is 0.402. The van der Waals surface area contributed by atoms with Crippen LogP contribution in [0.25, 0.3) is 0 Å². The van der Waals surface area contributed by atoms with Gasteiger partial charge in [0.05, 0.1) is 7.11 Å². The van der Waals surface area contributed by atoms with Crippen LogP contribution in [0.5, 0.6) is 5.75 Å². The van der Waals surface area contributed by atoms with Crippen molar-refractivity contribution in [2.45, 2.75) is 25.7 Å². The minimum Gasteiger partial charge on any atom is -0.493 e. The van der Waals surface area contributed by atoms with Crippen molar-refractivity contribution in [2.24, 2.45) is 0 Å². The quantitative estimate of drug-likeness (QED) is 0.615. The van der Waals surface area contributed by atoms with Crippen LogP contribution in [0.2, 0.25) is 0 Å². The lowest BCUT2D eigenvalue weighted by Gasteiger charge is -2.09. The molecule has 2 rings (SSSR count). The highest BCUT2D eigenvalue weighted by Gasteiger charge is 2.17. The Bertz CT molecular complexity index is 237. The predicted octanol–water partition coefficient (Wildman–Crippen LogP) is 2.17. The summed E-state index contributed by atoms with van der Waals surface area (Å²) in [6, 6.07) is 0. The summed E-state index contributed by atoms with van der Waals surface area (Å²) >= 11 is 0. The number of furan rings is 1. The standard InChI is InChI=1S/C9H12O2/c1-10-9-6-11-8-5-3-2-4-7(8)9/h6H,2-5H2,1H3. The van der Waals surface area contributed by atoms with Crippen LogP contribution >= 0.6 is 0 Å². The van der Waals surface area contributed by atoms with Gasteiger partial charge in [-0.1, -0.05) is 0 Å². The van der Waals surface area contributed by atoms with E-state index in [0.29, 0.717) is 0 Å². The Morgan fingerprint density at radius 1 is 1.36 bits per heavy atom. The molecule has 0 amide bonds. The minimum absolute atomic E-state index is 0.930. The van der Waals surface area contributed by atoms with E-state index in [9.17, 15) is 0 Å². The van der Waals surface area contributed by atoms with E-state index >= 15 is 0 Å². The maximum atomic E-state index is 5.35. The highest BCUT2D eigenvalue weighted by atomic mass is 16.5. The summed E-state index contributed by atoms with van der Waals surface area (Å²) in [5, 5.41) is 0. The molecule has 0 saturated carbocycles. The van der Waals surface area contributed by atoms with Gasteiger partial charge in [0.15, 0.2) is 5.75 Å². The van der Waals surface area contributed by atoms with Gasteiger partial charge in [0, 0.05) is 12.0 Å². The van der Waals surface area contributed by atoms with E-state index in [-0.39, 0.29) is 0 Å². The fourth-order valence-corrected chi connectivity index (χ4v) is 1.64. The predicted molar refractivity (Wildman–Crippen MR) is 41.9 cm³/mol. The molecule has 1 aliphatic rings. The van der Waals surface area contributed by atoms with Crippen molar-refractivity contribution in [3.8, 4) is 5.75 Å². The highest BCUT2D eigenvalue weighted by molar-refractivity contribution is 5.35. The SMILES string of the molecule is COc1coc2c1CCCC2. The van der Waals surface area contributed by atoms with Crippen molar-refractivity contribution < 1.29 is 9.15 Å². The molecule has 0 fully saturated rings. The molecule has 0 aromatic carbocycles. The maximum absolute atomic E-state index is 5.35. The summed E-state index contributed by atoms with van der Waals surface area (Å²) in [5.41, 5.74) is 1.29. The van der Waals surface area contributed by atoms with Crippen molar-refractivity contribution in [1.29, 1.82) is 0 Å². The second kappa shape index (κ2) is 2.61. The first-order valence-electron chi connectivity index (χ1n) is 4.05. The van der Waals surface area contributed by atoms with Crippen LogP contribution in [0.4, 0.5) is 0 Å². The van der Waals surface area contributed by atoms with Gasteiger partial charge in [-0.2, -0.15) is 0 Å². The Morgan fingerprint density at radius 3 is 3.00 bits per heavy atom. The van der Waals surface area contributed by atoms with Crippen LogP contribution in [0, 0.1) is 0 Å². The first-order chi connectivity index (χ1) is 5.42. The van der Waals surface area contributed by atoms with E-state index in [1.807, 2.05) is 0 Å². The van der Waals surface area contributed by atoms with Crippen LogP contribution in [0.15, 0.2) is 10.7 Å². The van der Waals surface area contributed by atoms with Gasteiger partial charge >= 0.3 is 0 Å². The molecular formula is C9H12O2. The average Bonchev–Trinajstić information content (AvgIpc) is 2.47. The molecule has 1 aromatic heterocycles. The topological polar surface area (TPSA) is 22.4 Å². The molecule has 2 heteroatoms. The summed E-state index contributed by atoms with van der Waals surface area (Å²) in [4.78, 5) is 0.